The number of aromatic nitrogens is 1. The number of methoxy groups -OCH3 is 2. The van der Waals surface area contributed by atoms with Gasteiger partial charge in [-0.25, -0.2) is 4.79 Å². The van der Waals surface area contributed by atoms with Crippen LogP contribution in [-0.4, -0.2) is 25.2 Å². The summed E-state index contributed by atoms with van der Waals surface area (Å²) in [4.78, 5) is 14.3. The summed E-state index contributed by atoms with van der Waals surface area (Å²) in [6.07, 6.45) is 5.63. The van der Waals surface area contributed by atoms with Crippen LogP contribution in [-0.2, 0) is 9.47 Å². The Kier molecular flexibility index (Phi) is 4.99. The Bertz CT molecular complexity index is 495. The molecule has 0 amide bonds. The largest absolute Gasteiger partial charge is 0.497 e. The molecule has 1 aromatic heterocycles. The number of esters is 1. The van der Waals surface area contributed by atoms with E-state index < -0.39 is 5.97 Å². The number of carbonyl (C=O) groups excluding carboxylic acids is 1. The molecule has 0 unspecified atom stereocenters. The van der Waals surface area contributed by atoms with Crippen molar-refractivity contribution in [1.82, 2.24) is 4.98 Å². The van der Waals surface area contributed by atoms with E-state index in [0.29, 0.717) is 11.5 Å². The lowest BCUT2D eigenvalue weighted by Gasteiger charge is -2.07. The summed E-state index contributed by atoms with van der Waals surface area (Å²) in [5.74, 6) is 0.112. The molecule has 96 valence electrons. The predicted octanol–water partition coefficient (Wildman–Crippen LogP) is 2.92. The van der Waals surface area contributed by atoms with Crippen molar-refractivity contribution in [2.75, 3.05) is 14.2 Å². The molecule has 4 nitrogen and oxygen atoms in total. The highest BCUT2D eigenvalue weighted by molar-refractivity contribution is 5.89. The molecule has 1 N–H and O–H groups in total. The average Bonchev–Trinajstić information content (AvgIpc) is 2.87. The van der Waals surface area contributed by atoms with Gasteiger partial charge in [-0.3, -0.25) is 0 Å². The number of nitrogens with one attached hydrogen (secondary N) is 1. The minimum absolute atomic E-state index is 0.391. The first-order valence-electron chi connectivity index (χ1n) is 5.48. The molecule has 0 aliphatic carbocycles. The summed E-state index contributed by atoms with van der Waals surface area (Å²) in [6.45, 7) is 5.73. The van der Waals surface area contributed by atoms with E-state index in [-0.39, 0.29) is 0 Å². The van der Waals surface area contributed by atoms with E-state index in [4.69, 9.17) is 4.74 Å². The minimum atomic E-state index is -0.408. The molecule has 0 spiro atoms. The summed E-state index contributed by atoms with van der Waals surface area (Å²) in [6, 6.07) is 3.44. The molecule has 0 aromatic carbocycles. The van der Waals surface area contributed by atoms with Crippen molar-refractivity contribution < 1.29 is 14.3 Å². The molecule has 1 aromatic rings. The van der Waals surface area contributed by atoms with Crippen LogP contribution in [0.3, 0.4) is 0 Å². The summed E-state index contributed by atoms with van der Waals surface area (Å²) in [7, 11) is 2.89. The van der Waals surface area contributed by atoms with Crippen molar-refractivity contribution >= 4 is 11.5 Å². The zero-order valence-corrected chi connectivity index (χ0v) is 10.8. The first-order valence-corrected chi connectivity index (χ1v) is 5.48. The SMILES string of the molecule is C=C(OC)/C(=C\C=C/C)c1ccc(C(=O)OC)[nH]1. The lowest BCUT2D eigenvalue weighted by Crippen LogP contribution is -2.01. The normalized spacial score (nSPS) is 11.6. The fourth-order valence-corrected chi connectivity index (χ4v) is 1.42. The highest BCUT2D eigenvalue weighted by Gasteiger charge is 2.12. The van der Waals surface area contributed by atoms with Gasteiger partial charge in [0.2, 0.25) is 0 Å². The summed E-state index contributed by atoms with van der Waals surface area (Å²) in [5.41, 5.74) is 1.92. The Morgan fingerprint density at radius 1 is 1.28 bits per heavy atom. The highest BCUT2D eigenvalue weighted by atomic mass is 16.5. The van der Waals surface area contributed by atoms with Crippen LogP contribution in [0.2, 0.25) is 0 Å². The molecule has 0 fully saturated rings. The number of hydrogen-bond donors (Lipinski definition) is 1. The molecule has 4 heteroatoms. The molecule has 18 heavy (non-hydrogen) atoms. The molecule has 0 aliphatic heterocycles. The van der Waals surface area contributed by atoms with Gasteiger partial charge < -0.3 is 14.5 Å². The van der Waals surface area contributed by atoms with E-state index in [9.17, 15) is 4.79 Å². The molecule has 0 saturated carbocycles. The third-order valence-corrected chi connectivity index (χ3v) is 2.38. The molecule has 0 bridgehead atoms. The number of allylic oxidation sites excluding steroid dienone is 4. The van der Waals surface area contributed by atoms with Crippen LogP contribution < -0.4 is 0 Å². The van der Waals surface area contributed by atoms with Crippen LogP contribution >= 0.6 is 0 Å². The van der Waals surface area contributed by atoms with Gasteiger partial charge in [-0.2, -0.15) is 0 Å². The maximum absolute atomic E-state index is 11.4. The van der Waals surface area contributed by atoms with Crippen LogP contribution in [0.5, 0.6) is 0 Å². The number of aromatic amines is 1. The smallest absolute Gasteiger partial charge is 0.354 e. The monoisotopic (exact) mass is 247 g/mol. The number of rotatable bonds is 5. The van der Waals surface area contributed by atoms with Crippen molar-refractivity contribution in [3.8, 4) is 0 Å². The summed E-state index contributed by atoms with van der Waals surface area (Å²) < 4.78 is 9.77. The molecular formula is C14H17NO3. The van der Waals surface area contributed by atoms with E-state index in [0.717, 1.165) is 11.3 Å². The van der Waals surface area contributed by atoms with Gasteiger partial charge in [0, 0.05) is 11.3 Å². The maximum Gasteiger partial charge on any atom is 0.354 e. The second-order valence-electron chi connectivity index (χ2n) is 3.51. The van der Waals surface area contributed by atoms with Crippen LogP contribution in [0.1, 0.15) is 23.1 Å². The molecule has 0 atom stereocenters. The van der Waals surface area contributed by atoms with Gasteiger partial charge in [0.1, 0.15) is 11.5 Å². The Hall–Kier alpha value is -2.23. The Balaban J connectivity index is 3.11. The fraction of sp³-hybridized carbons (Fsp3) is 0.214. The molecule has 0 aliphatic rings. The predicted molar refractivity (Wildman–Crippen MR) is 71.1 cm³/mol. The topological polar surface area (TPSA) is 51.3 Å². The van der Waals surface area contributed by atoms with Crippen molar-refractivity contribution in [3.05, 3.63) is 54.1 Å². The fourth-order valence-electron chi connectivity index (χ4n) is 1.42. The van der Waals surface area contributed by atoms with Gasteiger partial charge in [0.05, 0.1) is 14.2 Å². The highest BCUT2D eigenvalue weighted by Crippen LogP contribution is 2.22. The Morgan fingerprint density at radius 2 is 1.94 bits per heavy atom. The minimum Gasteiger partial charge on any atom is -0.497 e. The molecule has 0 radical (unpaired) electrons. The number of ether oxygens (including phenoxy) is 2. The van der Waals surface area contributed by atoms with Crippen LogP contribution in [0.25, 0.3) is 5.57 Å². The lowest BCUT2D eigenvalue weighted by molar-refractivity contribution is 0.0595. The number of hydrogen-bond acceptors (Lipinski definition) is 3. The number of carbonyl (C=O) groups is 1. The van der Waals surface area contributed by atoms with Gasteiger partial charge in [-0.05, 0) is 25.1 Å². The van der Waals surface area contributed by atoms with Crippen LogP contribution in [0.4, 0.5) is 0 Å². The maximum atomic E-state index is 11.4. The van der Waals surface area contributed by atoms with Crippen molar-refractivity contribution in [3.63, 3.8) is 0 Å². The van der Waals surface area contributed by atoms with Gasteiger partial charge in [-0.1, -0.05) is 18.7 Å². The molecular weight excluding hydrogens is 230 g/mol. The zero-order chi connectivity index (χ0) is 13.5. The molecule has 1 rings (SSSR count). The van der Waals surface area contributed by atoms with E-state index in [1.165, 1.54) is 7.11 Å². The van der Waals surface area contributed by atoms with Gasteiger partial charge in [0.25, 0.3) is 0 Å². The Labute approximate surface area is 107 Å². The van der Waals surface area contributed by atoms with E-state index in [1.807, 2.05) is 25.2 Å². The average molecular weight is 247 g/mol. The second kappa shape index (κ2) is 6.49. The molecule has 0 saturated heterocycles. The quantitative estimate of drug-likeness (QED) is 0.494. The van der Waals surface area contributed by atoms with Gasteiger partial charge in [0.15, 0.2) is 0 Å². The third kappa shape index (κ3) is 3.13. The van der Waals surface area contributed by atoms with Crippen LogP contribution in [0.15, 0.2) is 42.7 Å². The number of H-pyrrole nitrogens is 1. The second-order valence-corrected chi connectivity index (χ2v) is 3.51. The van der Waals surface area contributed by atoms with E-state index in [1.54, 1.807) is 19.2 Å². The molecule has 1 heterocycles. The lowest BCUT2D eigenvalue weighted by atomic mass is 10.1. The van der Waals surface area contributed by atoms with E-state index >= 15 is 0 Å². The standard InChI is InChI=1S/C14H17NO3/c1-5-6-7-11(10(2)17-3)12-8-9-13(15-12)14(16)18-4/h5-9,15H,2H2,1,3-4H3/b6-5-,11-7+. The Morgan fingerprint density at radius 3 is 2.50 bits per heavy atom. The summed E-state index contributed by atoms with van der Waals surface area (Å²) in [5, 5.41) is 0. The van der Waals surface area contributed by atoms with Crippen LogP contribution in [0, 0.1) is 0 Å². The first-order chi connectivity index (χ1) is 8.63. The third-order valence-electron chi connectivity index (χ3n) is 2.38. The van der Waals surface area contributed by atoms with E-state index in [2.05, 4.69) is 16.3 Å². The first kappa shape index (κ1) is 13.8. The van der Waals surface area contributed by atoms with Crippen molar-refractivity contribution in [2.24, 2.45) is 0 Å². The zero-order valence-electron chi connectivity index (χ0n) is 10.8. The summed E-state index contributed by atoms with van der Waals surface area (Å²) >= 11 is 0. The van der Waals surface area contributed by atoms with Gasteiger partial charge in [-0.15, -0.1) is 0 Å². The van der Waals surface area contributed by atoms with Gasteiger partial charge >= 0.3 is 5.97 Å². The van der Waals surface area contributed by atoms with Crippen molar-refractivity contribution in [2.45, 2.75) is 6.92 Å². The van der Waals surface area contributed by atoms with Crippen molar-refractivity contribution in [1.29, 1.82) is 0 Å².